The van der Waals surface area contributed by atoms with Gasteiger partial charge in [-0.05, 0) is 19.1 Å². The van der Waals surface area contributed by atoms with Gasteiger partial charge in [-0.3, -0.25) is 4.79 Å². The highest BCUT2D eigenvalue weighted by Gasteiger charge is 2.40. The average Bonchev–Trinajstić information content (AvgIpc) is 3.28. The number of benzene rings is 1. The number of hydrogen-bond acceptors (Lipinski definition) is 10. The normalized spacial score (nSPS) is 20.4. The van der Waals surface area contributed by atoms with E-state index in [1.165, 1.54) is 0 Å². The second-order valence-corrected chi connectivity index (χ2v) is 8.93. The monoisotopic (exact) mass is 496 g/mol. The van der Waals surface area contributed by atoms with Crippen LogP contribution in [0.4, 0.5) is 11.8 Å². The van der Waals surface area contributed by atoms with E-state index in [0.29, 0.717) is 78.1 Å². The third-order valence-corrected chi connectivity index (χ3v) is 6.80. The quantitative estimate of drug-likeness (QED) is 0.566. The molecule has 0 radical (unpaired) electrons. The van der Waals surface area contributed by atoms with Crippen LogP contribution in [-0.2, 0) is 9.47 Å². The second kappa shape index (κ2) is 9.30. The Balaban J connectivity index is 1.75. The molecule has 0 bridgehead atoms. The van der Waals surface area contributed by atoms with Gasteiger partial charge >= 0.3 is 0 Å². The van der Waals surface area contributed by atoms with Crippen molar-refractivity contribution in [1.82, 2.24) is 19.6 Å². The number of anilines is 2. The molecule has 2 aromatic heterocycles. The van der Waals surface area contributed by atoms with E-state index >= 15 is 0 Å². The van der Waals surface area contributed by atoms with E-state index in [0.717, 1.165) is 0 Å². The summed E-state index contributed by atoms with van der Waals surface area (Å²) in [5.74, 6) is 0.987. The Hall–Kier alpha value is -3.46. The van der Waals surface area contributed by atoms with Gasteiger partial charge in [-0.1, -0.05) is 17.7 Å². The summed E-state index contributed by atoms with van der Waals surface area (Å²) in [6.07, 6.45) is 0.362. The zero-order valence-corrected chi connectivity index (χ0v) is 20.2. The van der Waals surface area contributed by atoms with E-state index in [4.69, 9.17) is 31.8 Å². The molecule has 12 heteroatoms. The molecule has 0 saturated carbocycles. The summed E-state index contributed by atoms with van der Waals surface area (Å²) in [4.78, 5) is 29.3. The standard InChI is InChI=1S/C23H25ClN8O3/c1-13-15(11-25)20(29-23(26)27-13)31-12-14(34-2)10-18(31)21-28-17-5-3-4-16(24)19(17)22(33)32(21)30-6-8-35-9-7-30/h3-5,14,18H,6-10,12H2,1-2H3,(H2,26,27,29)/t14-,18-/m0/s1. The number of halogens is 1. The third-order valence-electron chi connectivity index (χ3n) is 6.49. The minimum Gasteiger partial charge on any atom is -0.380 e. The van der Waals surface area contributed by atoms with Crippen molar-refractivity contribution < 1.29 is 9.47 Å². The number of nitriles is 1. The molecule has 2 fully saturated rings. The van der Waals surface area contributed by atoms with Crippen LogP contribution in [0.1, 0.15) is 29.5 Å². The Kier molecular flexibility index (Phi) is 6.19. The van der Waals surface area contributed by atoms with Crippen molar-refractivity contribution in [3.05, 3.63) is 50.7 Å². The van der Waals surface area contributed by atoms with Gasteiger partial charge in [-0.25, -0.2) is 14.6 Å². The Morgan fingerprint density at radius 2 is 2.03 bits per heavy atom. The number of ether oxygens (including phenoxy) is 2. The van der Waals surface area contributed by atoms with Crippen molar-refractivity contribution in [2.24, 2.45) is 0 Å². The first kappa shape index (κ1) is 23.3. The van der Waals surface area contributed by atoms with Crippen molar-refractivity contribution in [3.63, 3.8) is 0 Å². The first-order valence-electron chi connectivity index (χ1n) is 11.3. The number of nitrogen functional groups attached to an aromatic ring is 1. The van der Waals surface area contributed by atoms with E-state index < -0.39 is 6.04 Å². The average molecular weight is 497 g/mol. The molecule has 2 saturated heterocycles. The number of nitrogens with zero attached hydrogens (tertiary/aromatic N) is 7. The van der Waals surface area contributed by atoms with Gasteiger partial charge in [0.1, 0.15) is 11.6 Å². The summed E-state index contributed by atoms with van der Waals surface area (Å²) in [5, 5.41) is 12.5. The number of fused-ring (bicyclic) bond motifs is 1. The van der Waals surface area contributed by atoms with Gasteiger partial charge in [0.05, 0.1) is 60.1 Å². The fraction of sp³-hybridized carbons (Fsp3) is 0.435. The van der Waals surface area contributed by atoms with Gasteiger partial charge in [0, 0.05) is 20.1 Å². The molecule has 0 spiro atoms. The third kappa shape index (κ3) is 4.03. The second-order valence-electron chi connectivity index (χ2n) is 8.53. The number of nitrogens with two attached hydrogens (primary N) is 1. The van der Waals surface area contributed by atoms with Crippen LogP contribution >= 0.6 is 11.6 Å². The lowest BCUT2D eigenvalue weighted by atomic mass is 10.1. The molecular formula is C23H25ClN8O3. The van der Waals surface area contributed by atoms with E-state index in [1.54, 1.807) is 36.9 Å². The molecule has 182 valence electrons. The predicted octanol–water partition coefficient (Wildman–Crippen LogP) is 1.54. The minimum atomic E-state index is -0.417. The summed E-state index contributed by atoms with van der Waals surface area (Å²) in [6, 6.07) is 7.02. The van der Waals surface area contributed by atoms with Crippen molar-refractivity contribution >= 4 is 34.3 Å². The largest absolute Gasteiger partial charge is 0.380 e. The smallest absolute Gasteiger partial charge is 0.281 e. The highest BCUT2D eigenvalue weighted by atomic mass is 35.5. The molecule has 11 nitrogen and oxygen atoms in total. The number of aryl methyl sites for hydroxylation is 1. The van der Waals surface area contributed by atoms with Crippen LogP contribution in [0.15, 0.2) is 23.0 Å². The summed E-state index contributed by atoms with van der Waals surface area (Å²) >= 11 is 6.44. The van der Waals surface area contributed by atoms with Crippen molar-refractivity contribution in [1.29, 1.82) is 5.26 Å². The van der Waals surface area contributed by atoms with Crippen LogP contribution in [0.2, 0.25) is 5.02 Å². The molecule has 1 aromatic carbocycles. The van der Waals surface area contributed by atoms with E-state index in [1.807, 2.05) is 9.91 Å². The Labute approximate surface area is 206 Å². The lowest BCUT2D eigenvalue weighted by Crippen LogP contribution is -2.51. The number of morpholine rings is 1. The molecule has 2 atom stereocenters. The maximum absolute atomic E-state index is 13.9. The molecule has 2 aliphatic rings. The topological polar surface area (TPSA) is 135 Å². The SMILES string of the molecule is CO[C@H]1C[C@@H](c2nc3cccc(Cl)c3c(=O)n2N2CCOCC2)N(c2nc(N)nc(C)c2C#N)C1. The minimum absolute atomic E-state index is 0.0694. The van der Waals surface area contributed by atoms with Crippen LogP contribution in [-0.4, -0.2) is 65.7 Å². The summed E-state index contributed by atoms with van der Waals surface area (Å²) in [5.41, 5.74) is 7.02. The maximum Gasteiger partial charge on any atom is 0.281 e. The molecular weight excluding hydrogens is 472 g/mol. The van der Waals surface area contributed by atoms with Crippen LogP contribution < -0.4 is 21.2 Å². The van der Waals surface area contributed by atoms with Gasteiger partial charge in [-0.15, -0.1) is 0 Å². The van der Waals surface area contributed by atoms with Gasteiger partial charge in [0.25, 0.3) is 5.56 Å². The molecule has 4 heterocycles. The number of methoxy groups -OCH3 is 1. The van der Waals surface area contributed by atoms with Gasteiger partial charge in [0.15, 0.2) is 11.6 Å². The van der Waals surface area contributed by atoms with E-state index in [-0.39, 0.29) is 17.6 Å². The highest BCUT2D eigenvalue weighted by molar-refractivity contribution is 6.35. The van der Waals surface area contributed by atoms with Gasteiger partial charge in [0.2, 0.25) is 5.95 Å². The maximum atomic E-state index is 13.9. The number of rotatable bonds is 4. The zero-order chi connectivity index (χ0) is 24.7. The molecule has 2 N–H and O–H groups in total. The molecule has 35 heavy (non-hydrogen) atoms. The van der Waals surface area contributed by atoms with Crippen molar-refractivity contribution in [2.75, 3.05) is 55.6 Å². The molecule has 2 aliphatic heterocycles. The van der Waals surface area contributed by atoms with Crippen LogP contribution in [0.25, 0.3) is 10.9 Å². The van der Waals surface area contributed by atoms with Crippen molar-refractivity contribution in [3.8, 4) is 6.07 Å². The highest BCUT2D eigenvalue weighted by Crippen LogP contribution is 2.38. The van der Waals surface area contributed by atoms with Gasteiger partial charge < -0.3 is 25.1 Å². The number of aromatic nitrogens is 4. The predicted molar refractivity (Wildman–Crippen MR) is 131 cm³/mol. The molecule has 0 aliphatic carbocycles. The summed E-state index contributed by atoms with van der Waals surface area (Å²) in [7, 11) is 1.64. The van der Waals surface area contributed by atoms with Crippen LogP contribution in [0.3, 0.4) is 0 Å². The number of hydrogen-bond donors (Lipinski definition) is 1. The Bertz CT molecular complexity index is 1380. The van der Waals surface area contributed by atoms with Gasteiger partial charge in [-0.2, -0.15) is 10.2 Å². The Morgan fingerprint density at radius 3 is 2.74 bits per heavy atom. The van der Waals surface area contributed by atoms with Crippen LogP contribution in [0, 0.1) is 18.3 Å². The molecule has 0 amide bonds. The van der Waals surface area contributed by atoms with E-state index in [2.05, 4.69) is 16.0 Å². The van der Waals surface area contributed by atoms with Crippen LogP contribution in [0.5, 0.6) is 0 Å². The zero-order valence-electron chi connectivity index (χ0n) is 19.4. The molecule has 0 unspecified atom stereocenters. The first-order valence-corrected chi connectivity index (χ1v) is 11.7. The summed E-state index contributed by atoms with van der Waals surface area (Å²) < 4.78 is 12.8. The lowest BCUT2D eigenvalue weighted by molar-refractivity contribution is 0.108. The van der Waals surface area contributed by atoms with Crippen molar-refractivity contribution in [2.45, 2.75) is 25.5 Å². The Morgan fingerprint density at radius 1 is 1.26 bits per heavy atom. The first-order chi connectivity index (χ1) is 16.9. The molecule has 5 rings (SSSR count). The van der Waals surface area contributed by atoms with E-state index in [9.17, 15) is 10.1 Å². The molecule has 3 aromatic rings. The fourth-order valence-corrected chi connectivity index (χ4v) is 5.06. The summed E-state index contributed by atoms with van der Waals surface area (Å²) in [6.45, 7) is 4.18. The fourth-order valence-electron chi connectivity index (χ4n) is 4.81. The lowest BCUT2D eigenvalue weighted by Gasteiger charge is -2.35.